The molecule has 2 amide bonds. The molecule has 104 valence electrons. The van der Waals surface area contributed by atoms with E-state index in [0.717, 1.165) is 19.3 Å². The Balaban J connectivity index is 2.68. The van der Waals surface area contributed by atoms with E-state index in [-0.39, 0.29) is 11.9 Å². The van der Waals surface area contributed by atoms with Gasteiger partial charge in [0.25, 0.3) is 0 Å². The van der Waals surface area contributed by atoms with Crippen molar-refractivity contribution < 1.29 is 14.7 Å². The predicted molar refractivity (Wildman–Crippen MR) is 69.4 cm³/mol. The van der Waals surface area contributed by atoms with Crippen molar-refractivity contribution >= 4 is 12.0 Å². The summed E-state index contributed by atoms with van der Waals surface area (Å²) in [6.45, 7) is 6.44. The van der Waals surface area contributed by atoms with Crippen LogP contribution in [0.15, 0.2) is 0 Å². The molecule has 0 saturated heterocycles. The number of rotatable bonds is 4. The lowest BCUT2D eigenvalue weighted by atomic mass is 9.73. The lowest BCUT2D eigenvalue weighted by Crippen LogP contribution is -2.62. The third kappa shape index (κ3) is 3.37. The van der Waals surface area contributed by atoms with Gasteiger partial charge in [0.1, 0.15) is 5.54 Å². The van der Waals surface area contributed by atoms with Crippen LogP contribution in [0.5, 0.6) is 0 Å². The molecule has 1 aliphatic carbocycles. The second kappa shape index (κ2) is 6.07. The molecule has 0 aliphatic heterocycles. The van der Waals surface area contributed by atoms with Gasteiger partial charge in [-0.2, -0.15) is 0 Å². The van der Waals surface area contributed by atoms with E-state index >= 15 is 0 Å². The highest BCUT2D eigenvalue weighted by atomic mass is 16.4. The monoisotopic (exact) mass is 256 g/mol. The molecule has 0 bridgehead atoms. The zero-order chi connectivity index (χ0) is 13.8. The number of hydrogen-bond acceptors (Lipinski definition) is 2. The van der Waals surface area contributed by atoms with Crippen molar-refractivity contribution in [1.29, 1.82) is 0 Å². The van der Waals surface area contributed by atoms with Gasteiger partial charge in [-0.15, -0.1) is 0 Å². The first-order chi connectivity index (χ1) is 8.38. The Hall–Kier alpha value is -1.26. The Morgan fingerprint density at radius 3 is 2.56 bits per heavy atom. The molecular weight excluding hydrogens is 232 g/mol. The summed E-state index contributed by atoms with van der Waals surface area (Å²) >= 11 is 0. The van der Waals surface area contributed by atoms with Crippen molar-refractivity contribution in [2.45, 2.75) is 52.0 Å². The highest BCUT2D eigenvalue weighted by Gasteiger charge is 2.46. The summed E-state index contributed by atoms with van der Waals surface area (Å²) in [5.41, 5.74) is -1.10. The van der Waals surface area contributed by atoms with Crippen molar-refractivity contribution in [3.63, 3.8) is 0 Å². The van der Waals surface area contributed by atoms with Gasteiger partial charge in [0.05, 0.1) is 0 Å². The van der Waals surface area contributed by atoms with Gasteiger partial charge in [0, 0.05) is 6.54 Å². The molecule has 1 fully saturated rings. The lowest BCUT2D eigenvalue weighted by Gasteiger charge is -2.39. The van der Waals surface area contributed by atoms with Gasteiger partial charge >= 0.3 is 12.0 Å². The fourth-order valence-electron chi connectivity index (χ4n) is 2.45. The zero-order valence-corrected chi connectivity index (χ0v) is 11.5. The molecule has 18 heavy (non-hydrogen) atoms. The molecule has 0 radical (unpaired) electrons. The van der Waals surface area contributed by atoms with Crippen LogP contribution in [0.25, 0.3) is 0 Å². The highest BCUT2D eigenvalue weighted by molar-refractivity contribution is 5.86. The Morgan fingerprint density at radius 1 is 1.39 bits per heavy atom. The SMILES string of the molecule is CC(C)CNC(=O)NC1(C(=O)O)CCCCC1C. The number of carbonyl (C=O) groups is 2. The van der Waals surface area contributed by atoms with Crippen LogP contribution < -0.4 is 10.6 Å². The molecule has 1 aliphatic rings. The van der Waals surface area contributed by atoms with E-state index in [1.54, 1.807) is 0 Å². The quantitative estimate of drug-likeness (QED) is 0.719. The van der Waals surface area contributed by atoms with Crippen LogP contribution in [0.1, 0.15) is 46.5 Å². The van der Waals surface area contributed by atoms with Crippen LogP contribution in [0, 0.1) is 11.8 Å². The van der Waals surface area contributed by atoms with Gasteiger partial charge in [-0.1, -0.05) is 33.6 Å². The summed E-state index contributed by atoms with van der Waals surface area (Å²) in [7, 11) is 0. The highest BCUT2D eigenvalue weighted by Crippen LogP contribution is 2.33. The first-order valence-electron chi connectivity index (χ1n) is 6.68. The number of carboxylic acids is 1. The minimum Gasteiger partial charge on any atom is -0.479 e. The number of amides is 2. The summed E-state index contributed by atoms with van der Waals surface area (Å²) in [5.74, 6) is -0.608. The molecule has 0 aromatic carbocycles. The fraction of sp³-hybridized carbons (Fsp3) is 0.846. The smallest absolute Gasteiger partial charge is 0.329 e. The average molecular weight is 256 g/mol. The Labute approximate surface area is 108 Å². The second-order valence-corrected chi connectivity index (χ2v) is 5.65. The third-order valence-corrected chi connectivity index (χ3v) is 3.69. The minimum absolute atomic E-state index is 0.0338. The fourth-order valence-corrected chi connectivity index (χ4v) is 2.45. The molecule has 3 N–H and O–H groups in total. The predicted octanol–water partition coefficient (Wildman–Crippen LogP) is 1.98. The molecular formula is C13H24N2O3. The minimum atomic E-state index is -1.10. The molecule has 0 aromatic heterocycles. The van der Waals surface area contributed by atoms with E-state index in [0.29, 0.717) is 18.9 Å². The maximum absolute atomic E-state index is 11.8. The second-order valence-electron chi connectivity index (χ2n) is 5.65. The van der Waals surface area contributed by atoms with Crippen molar-refractivity contribution in [2.75, 3.05) is 6.54 Å². The molecule has 0 aromatic rings. The summed E-state index contributed by atoms with van der Waals surface area (Å²) in [4.78, 5) is 23.3. The Kier molecular flexibility index (Phi) is 4.99. The van der Waals surface area contributed by atoms with Crippen LogP contribution in [0.2, 0.25) is 0 Å². The van der Waals surface area contributed by atoms with Crippen molar-refractivity contribution in [3.8, 4) is 0 Å². The largest absolute Gasteiger partial charge is 0.479 e. The lowest BCUT2D eigenvalue weighted by molar-refractivity contribution is -0.148. The average Bonchev–Trinajstić information content (AvgIpc) is 2.29. The van der Waals surface area contributed by atoms with E-state index < -0.39 is 11.5 Å². The van der Waals surface area contributed by atoms with Crippen molar-refractivity contribution in [1.82, 2.24) is 10.6 Å². The number of aliphatic carboxylic acids is 1. The van der Waals surface area contributed by atoms with E-state index in [4.69, 9.17) is 0 Å². The molecule has 5 heteroatoms. The molecule has 1 rings (SSSR count). The summed E-state index contributed by atoms with van der Waals surface area (Å²) in [5, 5.41) is 14.8. The first kappa shape index (κ1) is 14.8. The van der Waals surface area contributed by atoms with Crippen molar-refractivity contribution in [3.05, 3.63) is 0 Å². The van der Waals surface area contributed by atoms with E-state index in [9.17, 15) is 14.7 Å². The number of hydrogen-bond donors (Lipinski definition) is 3. The summed E-state index contributed by atoms with van der Waals surface area (Å²) in [6.07, 6.45) is 3.24. The van der Waals surface area contributed by atoms with E-state index in [1.165, 1.54) is 0 Å². The molecule has 0 spiro atoms. The normalized spacial score (nSPS) is 27.9. The number of carboxylic acid groups (broad SMARTS) is 1. The molecule has 0 heterocycles. The van der Waals surface area contributed by atoms with E-state index in [1.807, 2.05) is 20.8 Å². The summed E-state index contributed by atoms with van der Waals surface area (Å²) in [6, 6.07) is -0.375. The van der Waals surface area contributed by atoms with Gasteiger partial charge in [-0.05, 0) is 24.7 Å². The first-order valence-corrected chi connectivity index (χ1v) is 6.68. The standard InChI is InChI=1S/C13H24N2O3/c1-9(2)8-14-12(18)15-13(11(16)17)7-5-4-6-10(13)3/h9-10H,4-8H2,1-3H3,(H,16,17)(H2,14,15,18). The van der Waals surface area contributed by atoms with Crippen LogP contribution in [0.4, 0.5) is 4.79 Å². The van der Waals surface area contributed by atoms with Crippen LogP contribution >= 0.6 is 0 Å². The van der Waals surface area contributed by atoms with Crippen LogP contribution in [-0.4, -0.2) is 29.2 Å². The number of carbonyl (C=O) groups excluding carboxylic acids is 1. The Bertz CT molecular complexity index is 317. The molecule has 2 unspecified atom stereocenters. The molecule has 1 saturated carbocycles. The van der Waals surface area contributed by atoms with E-state index in [2.05, 4.69) is 10.6 Å². The zero-order valence-electron chi connectivity index (χ0n) is 11.5. The van der Waals surface area contributed by atoms with Gasteiger partial charge < -0.3 is 15.7 Å². The van der Waals surface area contributed by atoms with Gasteiger partial charge in [-0.3, -0.25) is 0 Å². The molecule has 5 nitrogen and oxygen atoms in total. The summed E-state index contributed by atoms with van der Waals surface area (Å²) < 4.78 is 0. The Morgan fingerprint density at radius 2 is 2.06 bits per heavy atom. The van der Waals surface area contributed by atoms with Gasteiger partial charge in [0.15, 0.2) is 0 Å². The number of nitrogens with one attached hydrogen (secondary N) is 2. The maximum atomic E-state index is 11.8. The van der Waals surface area contributed by atoms with Crippen LogP contribution in [0.3, 0.4) is 0 Å². The number of urea groups is 1. The third-order valence-electron chi connectivity index (χ3n) is 3.69. The van der Waals surface area contributed by atoms with Crippen LogP contribution in [-0.2, 0) is 4.79 Å². The topological polar surface area (TPSA) is 78.4 Å². The molecule has 2 atom stereocenters. The van der Waals surface area contributed by atoms with Gasteiger partial charge in [-0.25, -0.2) is 9.59 Å². The van der Waals surface area contributed by atoms with Crippen molar-refractivity contribution in [2.24, 2.45) is 11.8 Å². The van der Waals surface area contributed by atoms with Gasteiger partial charge in [0.2, 0.25) is 0 Å². The maximum Gasteiger partial charge on any atom is 0.329 e.